The predicted molar refractivity (Wildman–Crippen MR) is 71.4 cm³/mol. The molecule has 18 heavy (non-hydrogen) atoms. The van der Waals surface area contributed by atoms with Crippen molar-refractivity contribution in [2.45, 2.75) is 38.6 Å². The molecule has 0 amide bonds. The van der Waals surface area contributed by atoms with Gasteiger partial charge in [-0.2, -0.15) is 11.8 Å². The molecule has 1 N–H and O–H groups in total. The second-order valence-electron chi connectivity index (χ2n) is 5.38. The van der Waals surface area contributed by atoms with E-state index in [1.54, 1.807) is 0 Å². The standard InChI is InChI=1S/C13H18N2O2S/c1-8-2-4-15-10(6-8)11(13(16)17)14-12(15)9-3-5-18-7-9/h8-9H,2-7H2,1H3,(H,16,17). The Kier molecular flexibility index (Phi) is 3.09. The highest BCUT2D eigenvalue weighted by Crippen LogP contribution is 2.35. The normalized spacial score (nSPS) is 27.2. The monoisotopic (exact) mass is 266 g/mol. The molecule has 3 heterocycles. The third-order valence-corrected chi connectivity index (χ3v) is 5.15. The second kappa shape index (κ2) is 4.61. The molecule has 0 bridgehead atoms. The average Bonchev–Trinajstić information content (AvgIpc) is 2.93. The first-order valence-corrected chi connectivity index (χ1v) is 7.72. The zero-order valence-electron chi connectivity index (χ0n) is 10.6. The minimum absolute atomic E-state index is 0.299. The molecule has 1 saturated heterocycles. The van der Waals surface area contributed by atoms with E-state index in [-0.39, 0.29) is 0 Å². The number of carboxylic acids is 1. The van der Waals surface area contributed by atoms with Crippen molar-refractivity contribution in [1.29, 1.82) is 0 Å². The summed E-state index contributed by atoms with van der Waals surface area (Å²) in [7, 11) is 0. The molecule has 98 valence electrons. The Bertz CT molecular complexity index is 478. The van der Waals surface area contributed by atoms with Crippen LogP contribution in [-0.2, 0) is 13.0 Å². The summed E-state index contributed by atoms with van der Waals surface area (Å²) in [6.07, 6.45) is 3.12. The summed E-state index contributed by atoms with van der Waals surface area (Å²) in [6, 6.07) is 0. The number of nitrogens with zero attached hydrogens (tertiary/aromatic N) is 2. The van der Waals surface area contributed by atoms with Gasteiger partial charge in [0.05, 0.1) is 5.69 Å². The number of fused-ring (bicyclic) bond motifs is 1. The van der Waals surface area contributed by atoms with Crippen LogP contribution in [0.25, 0.3) is 0 Å². The highest BCUT2D eigenvalue weighted by molar-refractivity contribution is 7.99. The number of carbonyl (C=O) groups is 1. The molecule has 2 unspecified atom stereocenters. The van der Waals surface area contributed by atoms with Gasteiger partial charge in [0, 0.05) is 18.2 Å². The van der Waals surface area contributed by atoms with Gasteiger partial charge in [-0.05, 0) is 30.9 Å². The Balaban J connectivity index is 2.04. The van der Waals surface area contributed by atoms with Crippen molar-refractivity contribution in [3.8, 4) is 0 Å². The van der Waals surface area contributed by atoms with E-state index in [9.17, 15) is 9.90 Å². The van der Waals surface area contributed by atoms with Crippen LogP contribution in [0.3, 0.4) is 0 Å². The van der Waals surface area contributed by atoms with E-state index in [2.05, 4.69) is 16.5 Å². The number of carboxylic acid groups (broad SMARTS) is 1. The number of rotatable bonds is 2. The summed E-state index contributed by atoms with van der Waals surface area (Å²) in [5, 5.41) is 9.30. The van der Waals surface area contributed by atoms with Crippen LogP contribution in [0.15, 0.2) is 0 Å². The van der Waals surface area contributed by atoms with Crippen molar-refractivity contribution in [1.82, 2.24) is 9.55 Å². The molecular formula is C13H18N2O2S. The fourth-order valence-corrected chi connectivity index (χ4v) is 4.18. The van der Waals surface area contributed by atoms with Gasteiger partial charge in [-0.1, -0.05) is 6.92 Å². The maximum absolute atomic E-state index is 11.3. The number of aromatic carboxylic acids is 1. The lowest BCUT2D eigenvalue weighted by Crippen LogP contribution is -2.21. The molecule has 0 spiro atoms. The van der Waals surface area contributed by atoms with Gasteiger partial charge in [0.2, 0.25) is 0 Å². The molecule has 0 aliphatic carbocycles. The lowest BCUT2D eigenvalue weighted by Gasteiger charge is -2.23. The first-order chi connectivity index (χ1) is 8.66. The molecular weight excluding hydrogens is 248 g/mol. The molecule has 2 aliphatic rings. The van der Waals surface area contributed by atoms with Crippen LogP contribution >= 0.6 is 11.8 Å². The van der Waals surface area contributed by atoms with Gasteiger partial charge in [-0.25, -0.2) is 9.78 Å². The Morgan fingerprint density at radius 1 is 1.50 bits per heavy atom. The summed E-state index contributed by atoms with van der Waals surface area (Å²) in [5.74, 6) is 3.44. The zero-order chi connectivity index (χ0) is 12.7. The van der Waals surface area contributed by atoms with Crippen molar-refractivity contribution in [2.75, 3.05) is 11.5 Å². The minimum Gasteiger partial charge on any atom is -0.476 e. The van der Waals surface area contributed by atoms with Crippen LogP contribution in [0.5, 0.6) is 0 Å². The molecule has 5 heteroatoms. The van der Waals surface area contributed by atoms with Gasteiger partial charge < -0.3 is 9.67 Å². The van der Waals surface area contributed by atoms with Gasteiger partial charge in [-0.3, -0.25) is 0 Å². The largest absolute Gasteiger partial charge is 0.476 e. The summed E-state index contributed by atoms with van der Waals surface area (Å²) in [5.41, 5.74) is 1.25. The Morgan fingerprint density at radius 2 is 2.33 bits per heavy atom. The first-order valence-electron chi connectivity index (χ1n) is 6.57. The first kappa shape index (κ1) is 12.1. The fraction of sp³-hybridized carbons (Fsp3) is 0.692. The number of imidazole rings is 1. The molecule has 2 atom stereocenters. The number of hydrogen-bond acceptors (Lipinski definition) is 3. The molecule has 3 rings (SSSR count). The van der Waals surface area contributed by atoms with Crippen molar-refractivity contribution in [2.24, 2.45) is 5.92 Å². The molecule has 1 aromatic heterocycles. The van der Waals surface area contributed by atoms with E-state index in [1.807, 2.05) is 11.8 Å². The SMILES string of the molecule is CC1CCn2c(C3CCSC3)nc(C(=O)O)c2C1. The van der Waals surface area contributed by atoms with Crippen molar-refractivity contribution < 1.29 is 9.90 Å². The van der Waals surface area contributed by atoms with Crippen molar-refractivity contribution in [3.63, 3.8) is 0 Å². The fourth-order valence-electron chi connectivity index (χ4n) is 2.96. The van der Waals surface area contributed by atoms with Gasteiger partial charge in [0.15, 0.2) is 5.69 Å². The lowest BCUT2D eigenvalue weighted by molar-refractivity contribution is 0.0689. The smallest absolute Gasteiger partial charge is 0.356 e. The van der Waals surface area contributed by atoms with Crippen LogP contribution in [0.4, 0.5) is 0 Å². The van der Waals surface area contributed by atoms with E-state index in [1.165, 1.54) is 5.75 Å². The lowest BCUT2D eigenvalue weighted by atomic mass is 9.96. The second-order valence-corrected chi connectivity index (χ2v) is 6.53. The van der Waals surface area contributed by atoms with Gasteiger partial charge in [-0.15, -0.1) is 0 Å². The van der Waals surface area contributed by atoms with Crippen LogP contribution in [0.2, 0.25) is 0 Å². The maximum Gasteiger partial charge on any atom is 0.356 e. The summed E-state index contributed by atoms with van der Waals surface area (Å²) in [6.45, 7) is 3.13. The Labute approximate surface area is 111 Å². The molecule has 1 fully saturated rings. The van der Waals surface area contributed by atoms with Crippen LogP contribution in [-0.4, -0.2) is 32.1 Å². The van der Waals surface area contributed by atoms with Crippen LogP contribution < -0.4 is 0 Å². The van der Waals surface area contributed by atoms with E-state index in [0.29, 0.717) is 17.5 Å². The van der Waals surface area contributed by atoms with Gasteiger partial charge in [0.1, 0.15) is 5.82 Å². The van der Waals surface area contributed by atoms with Crippen LogP contribution in [0.1, 0.15) is 47.7 Å². The van der Waals surface area contributed by atoms with E-state index in [4.69, 9.17) is 0 Å². The Hall–Kier alpha value is -0.970. The quantitative estimate of drug-likeness (QED) is 0.893. The highest BCUT2D eigenvalue weighted by Gasteiger charge is 2.31. The number of hydrogen-bond donors (Lipinski definition) is 1. The highest BCUT2D eigenvalue weighted by atomic mass is 32.2. The predicted octanol–water partition coefficient (Wildman–Crippen LogP) is 2.38. The Morgan fingerprint density at radius 3 is 3.00 bits per heavy atom. The maximum atomic E-state index is 11.3. The third kappa shape index (κ3) is 1.94. The van der Waals surface area contributed by atoms with Gasteiger partial charge in [0.25, 0.3) is 0 Å². The van der Waals surface area contributed by atoms with E-state index >= 15 is 0 Å². The third-order valence-electron chi connectivity index (χ3n) is 3.99. The molecule has 0 aromatic carbocycles. The molecule has 4 nitrogen and oxygen atoms in total. The minimum atomic E-state index is -0.871. The van der Waals surface area contributed by atoms with E-state index in [0.717, 1.165) is 43.1 Å². The molecule has 1 aromatic rings. The molecule has 0 saturated carbocycles. The van der Waals surface area contributed by atoms with E-state index < -0.39 is 5.97 Å². The average molecular weight is 266 g/mol. The van der Waals surface area contributed by atoms with Crippen LogP contribution in [0, 0.1) is 5.92 Å². The zero-order valence-corrected chi connectivity index (χ0v) is 11.4. The van der Waals surface area contributed by atoms with Crippen molar-refractivity contribution >= 4 is 17.7 Å². The summed E-state index contributed by atoms with van der Waals surface area (Å²) < 4.78 is 2.19. The molecule has 2 aliphatic heterocycles. The number of thioether (sulfide) groups is 1. The van der Waals surface area contributed by atoms with Crippen molar-refractivity contribution in [3.05, 3.63) is 17.2 Å². The summed E-state index contributed by atoms with van der Waals surface area (Å²) >= 11 is 1.95. The molecule has 0 radical (unpaired) electrons. The van der Waals surface area contributed by atoms with Gasteiger partial charge >= 0.3 is 5.97 Å². The summed E-state index contributed by atoms with van der Waals surface area (Å²) in [4.78, 5) is 15.8. The number of aromatic nitrogens is 2. The topological polar surface area (TPSA) is 55.1 Å².